The Balaban J connectivity index is 0.00000122. The van der Waals surface area contributed by atoms with Gasteiger partial charge in [0.15, 0.2) is 11.7 Å². The van der Waals surface area contributed by atoms with Gasteiger partial charge < -0.3 is 45.2 Å². The molecule has 0 bridgehead atoms. The predicted molar refractivity (Wildman–Crippen MR) is 99.2 cm³/mol. The largest absolute Gasteiger partial charge is 0.459 e. The lowest BCUT2D eigenvalue weighted by Crippen LogP contribution is -2.66. The van der Waals surface area contributed by atoms with Crippen LogP contribution in [0.15, 0.2) is 0 Å². The molecule has 12 heteroatoms. The van der Waals surface area contributed by atoms with Crippen LogP contribution in [0.5, 0.6) is 0 Å². The Kier molecular flexibility index (Phi) is 4.23. The molecule has 2 saturated carbocycles. The fraction of sp³-hybridized carbons (Fsp3) is 0.850. The van der Waals surface area contributed by atoms with Gasteiger partial charge >= 0.3 is 17.9 Å². The highest BCUT2D eigenvalue weighted by Gasteiger charge is 3.02. The Morgan fingerprint density at radius 3 is 2.22 bits per heavy atom. The Labute approximate surface area is 182 Å². The van der Waals surface area contributed by atoms with Crippen molar-refractivity contribution in [1.82, 2.24) is 0 Å². The van der Waals surface area contributed by atoms with E-state index in [9.17, 15) is 29.7 Å². The lowest BCUT2D eigenvalue weighted by atomic mass is 9.51. The molecule has 0 aromatic heterocycles. The topological polar surface area (TPSA) is 212 Å². The second-order valence-corrected chi connectivity index (χ2v) is 10.7. The molecule has 180 valence electrons. The monoisotopic (exact) mass is 460 g/mol. The van der Waals surface area contributed by atoms with Gasteiger partial charge in [0.05, 0.1) is 22.9 Å². The number of aliphatic hydroxyl groups excluding tert-OH is 2. The third-order valence-corrected chi connectivity index (χ3v) is 8.91. The van der Waals surface area contributed by atoms with E-state index >= 15 is 0 Å². The number of carbonyl (C=O) groups is 3. The number of ether oxygens (including phenoxy) is 4. The van der Waals surface area contributed by atoms with E-state index < -0.39 is 87.9 Å². The van der Waals surface area contributed by atoms with Crippen LogP contribution in [0.1, 0.15) is 34.1 Å². The van der Waals surface area contributed by atoms with Gasteiger partial charge in [0, 0.05) is 12.3 Å². The summed E-state index contributed by atoms with van der Waals surface area (Å²) in [4.78, 5) is 38.2. The molecule has 2 spiro atoms. The molecule has 6 rings (SSSR count). The summed E-state index contributed by atoms with van der Waals surface area (Å²) in [7, 11) is 0. The SMILES string of the molecule is C[C@@H]1C(=O)O[C@H]2C[C@]34[C@@H]5OC(=O)[C@]3(O[C@@H]3OC(=O)[C@H](O)[C@@]34[C@H](C(C)(C)C)[C@H]5O)[C@]21O.O.O. The first-order valence-corrected chi connectivity index (χ1v) is 10.2. The molecule has 11 atom stereocenters. The molecule has 4 aliphatic heterocycles. The minimum Gasteiger partial charge on any atom is -0.459 e. The zero-order valence-electron chi connectivity index (χ0n) is 17.9. The Morgan fingerprint density at radius 1 is 1.00 bits per heavy atom. The molecule has 6 aliphatic rings. The van der Waals surface area contributed by atoms with E-state index in [0.29, 0.717) is 0 Å². The van der Waals surface area contributed by atoms with Gasteiger partial charge in [0.1, 0.15) is 12.2 Å². The van der Waals surface area contributed by atoms with Gasteiger partial charge in [-0.25, -0.2) is 9.59 Å². The Bertz CT molecular complexity index is 928. The van der Waals surface area contributed by atoms with E-state index in [0.717, 1.165) is 0 Å². The molecular weight excluding hydrogens is 432 g/mol. The van der Waals surface area contributed by atoms with Crippen LogP contribution in [0.2, 0.25) is 0 Å². The van der Waals surface area contributed by atoms with E-state index in [2.05, 4.69) is 0 Å². The van der Waals surface area contributed by atoms with Crippen LogP contribution in [0.4, 0.5) is 0 Å². The second kappa shape index (κ2) is 5.80. The molecule has 6 fully saturated rings. The van der Waals surface area contributed by atoms with Crippen LogP contribution < -0.4 is 0 Å². The number of esters is 3. The van der Waals surface area contributed by atoms with Crippen LogP contribution in [-0.2, 0) is 33.3 Å². The number of fused-ring (bicyclic) bond motifs is 1. The second-order valence-electron chi connectivity index (χ2n) is 10.7. The molecule has 0 radical (unpaired) electrons. The van der Waals surface area contributed by atoms with Crippen molar-refractivity contribution in [1.29, 1.82) is 0 Å². The zero-order chi connectivity index (χ0) is 21.8. The van der Waals surface area contributed by atoms with Crippen LogP contribution >= 0.6 is 0 Å². The zero-order valence-corrected chi connectivity index (χ0v) is 17.9. The number of carbonyl (C=O) groups excluding carboxylic acids is 3. The smallest absolute Gasteiger partial charge is 0.342 e. The third-order valence-electron chi connectivity index (χ3n) is 8.91. The van der Waals surface area contributed by atoms with Crippen molar-refractivity contribution in [3.63, 3.8) is 0 Å². The molecule has 4 heterocycles. The van der Waals surface area contributed by atoms with Crippen molar-refractivity contribution < 1.29 is 59.6 Å². The predicted octanol–water partition coefficient (Wildman–Crippen LogP) is -3.02. The quantitative estimate of drug-likeness (QED) is 0.246. The van der Waals surface area contributed by atoms with E-state index in [1.807, 2.05) is 20.8 Å². The van der Waals surface area contributed by atoms with Crippen LogP contribution in [0.3, 0.4) is 0 Å². The van der Waals surface area contributed by atoms with Crippen molar-refractivity contribution in [2.45, 2.75) is 76.0 Å². The fourth-order valence-corrected chi connectivity index (χ4v) is 8.22. The van der Waals surface area contributed by atoms with Gasteiger partial charge in [-0.15, -0.1) is 0 Å². The standard InChI is InChI=1S/C20H24O10.2H2O/c1-6-12(23)27-7-5-17-11-8(21)9(16(2,3)4)18(17)10(22)13(24)29-15(18)30-20(17,14(25)28-11)19(6,7)26;;/h6-11,15,21-22,26H,5H2,1-4H3;2*1H2/t6-,7+,8-,9+,10+,11-,15+,17-,18+,19-,20-;;/m1../s1. The lowest BCUT2D eigenvalue weighted by Gasteiger charge is -2.46. The first kappa shape index (κ1) is 23.3. The lowest BCUT2D eigenvalue weighted by molar-refractivity contribution is -0.239. The number of hydrogen-bond donors (Lipinski definition) is 3. The van der Waals surface area contributed by atoms with Gasteiger partial charge in [-0.3, -0.25) is 4.79 Å². The molecule has 32 heavy (non-hydrogen) atoms. The first-order chi connectivity index (χ1) is 13.8. The summed E-state index contributed by atoms with van der Waals surface area (Å²) in [5.41, 5.74) is -7.95. The summed E-state index contributed by atoms with van der Waals surface area (Å²) >= 11 is 0. The van der Waals surface area contributed by atoms with E-state index in [-0.39, 0.29) is 17.4 Å². The van der Waals surface area contributed by atoms with Gasteiger partial charge in [0.2, 0.25) is 11.9 Å². The molecule has 0 unspecified atom stereocenters. The summed E-state index contributed by atoms with van der Waals surface area (Å²) in [6.07, 6.45) is -6.73. The highest BCUT2D eigenvalue weighted by molar-refractivity contribution is 5.93. The molecular formula is C20H28O12. The molecule has 0 aromatic carbocycles. The fourth-order valence-electron chi connectivity index (χ4n) is 8.22. The van der Waals surface area contributed by atoms with E-state index in [4.69, 9.17) is 18.9 Å². The minimum absolute atomic E-state index is 0. The minimum atomic E-state index is -2.12. The highest BCUT2D eigenvalue weighted by Crippen LogP contribution is 2.84. The van der Waals surface area contributed by atoms with Crippen LogP contribution in [-0.4, -0.2) is 86.1 Å². The number of hydrogen-bond acceptors (Lipinski definition) is 10. The average molecular weight is 460 g/mol. The summed E-state index contributed by atoms with van der Waals surface area (Å²) in [5.74, 6) is -4.43. The Morgan fingerprint density at radius 2 is 1.62 bits per heavy atom. The average Bonchev–Trinajstić information content (AvgIpc) is 3.32. The molecule has 2 aliphatic carbocycles. The maximum atomic E-state index is 13.4. The summed E-state index contributed by atoms with van der Waals surface area (Å²) < 4.78 is 22.6. The molecule has 4 saturated heterocycles. The van der Waals surface area contributed by atoms with Gasteiger partial charge in [0.25, 0.3) is 0 Å². The van der Waals surface area contributed by atoms with Crippen molar-refractivity contribution >= 4 is 17.9 Å². The highest BCUT2D eigenvalue weighted by atomic mass is 16.8. The summed E-state index contributed by atoms with van der Waals surface area (Å²) in [5, 5.41) is 34.4. The molecule has 0 aromatic rings. The van der Waals surface area contributed by atoms with Crippen LogP contribution in [0.25, 0.3) is 0 Å². The van der Waals surface area contributed by atoms with Crippen molar-refractivity contribution in [2.24, 2.45) is 28.1 Å². The third kappa shape index (κ3) is 1.68. The summed E-state index contributed by atoms with van der Waals surface area (Å²) in [6.45, 7) is 6.97. The van der Waals surface area contributed by atoms with Crippen molar-refractivity contribution in [3.05, 3.63) is 0 Å². The van der Waals surface area contributed by atoms with Crippen LogP contribution in [0, 0.1) is 28.1 Å². The van der Waals surface area contributed by atoms with E-state index in [1.165, 1.54) is 6.92 Å². The maximum Gasteiger partial charge on any atom is 0.342 e. The van der Waals surface area contributed by atoms with E-state index in [1.54, 1.807) is 0 Å². The van der Waals surface area contributed by atoms with Gasteiger partial charge in [-0.1, -0.05) is 20.8 Å². The summed E-state index contributed by atoms with van der Waals surface area (Å²) in [6, 6.07) is 0. The molecule has 12 nitrogen and oxygen atoms in total. The number of aliphatic hydroxyl groups is 3. The van der Waals surface area contributed by atoms with Crippen molar-refractivity contribution in [2.75, 3.05) is 0 Å². The van der Waals surface area contributed by atoms with Crippen molar-refractivity contribution in [3.8, 4) is 0 Å². The number of rotatable bonds is 0. The molecule has 0 amide bonds. The normalized spacial score (nSPS) is 56.3. The Hall–Kier alpha value is -1.83. The van der Waals surface area contributed by atoms with Gasteiger partial charge in [-0.2, -0.15) is 0 Å². The molecule has 7 N–H and O–H groups in total. The van der Waals surface area contributed by atoms with Gasteiger partial charge in [-0.05, 0) is 12.3 Å². The first-order valence-electron chi connectivity index (χ1n) is 10.2. The maximum absolute atomic E-state index is 13.4.